The van der Waals surface area contributed by atoms with Crippen LogP contribution in [0.4, 0.5) is 0 Å². The summed E-state index contributed by atoms with van der Waals surface area (Å²) in [5.74, 6) is -9.68. The number of ketones is 3. The molecule has 14 nitrogen and oxygen atoms in total. The van der Waals surface area contributed by atoms with Crippen LogP contribution in [0.2, 0.25) is 0 Å². The Kier molecular flexibility index (Phi) is 11.8. The lowest BCUT2D eigenvalue weighted by molar-refractivity contribution is -0.160. The standard InChI is InChI=1S/C37H45NO13/c1-16-10-9-11-22(15-39)36(47)38-23-14-24(41)26-27(32(23)45)31(44)20(5)34-28(26)35(46)37(7,51-34)49-13-12-25(48-8)17(2)33(50-21(6)40)19(4)30(43)18(3)29(16)42/h9-14,16-19,25,29-30,33,39,42-44H,15H2,1-8H3,(H,38,47)/b10-9+,13-12?,22-11?. The summed E-state index contributed by atoms with van der Waals surface area (Å²) in [4.78, 5) is 66.3. The Morgan fingerprint density at radius 1 is 0.980 bits per heavy atom. The summed E-state index contributed by atoms with van der Waals surface area (Å²) in [6.07, 6.45) is 3.65. The number of carbonyl (C=O) groups is 5. The van der Waals surface area contributed by atoms with Gasteiger partial charge in [0.1, 0.15) is 17.6 Å². The van der Waals surface area contributed by atoms with Gasteiger partial charge in [-0.2, -0.15) is 0 Å². The first kappa shape index (κ1) is 39.2. The average Bonchev–Trinajstić information content (AvgIpc) is 3.35. The number of carbonyl (C=O) groups excluding carboxylic acids is 5. The zero-order chi connectivity index (χ0) is 38.1. The number of phenolic OH excluding ortho intramolecular Hbond substituents is 1. The second-order valence-corrected chi connectivity index (χ2v) is 13.4. The van der Waals surface area contributed by atoms with Crippen molar-refractivity contribution in [1.29, 1.82) is 0 Å². The Morgan fingerprint density at radius 3 is 2.25 bits per heavy atom. The molecular weight excluding hydrogens is 666 g/mol. The molecule has 0 radical (unpaired) electrons. The highest BCUT2D eigenvalue weighted by atomic mass is 16.7. The van der Waals surface area contributed by atoms with Gasteiger partial charge in [0.05, 0.1) is 53.6 Å². The third kappa shape index (κ3) is 7.40. The molecule has 1 aliphatic carbocycles. The lowest BCUT2D eigenvalue weighted by Crippen LogP contribution is -2.46. The third-order valence-electron chi connectivity index (χ3n) is 9.86. The van der Waals surface area contributed by atoms with E-state index < -0.39 is 112 Å². The quantitative estimate of drug-likeness (QED) is 0.286. The molecule has 9 unspecified atom stereocenters. The molecule has 51 heavy (non-hydrogen) atoms. The van der Waals surface area contributed by atoms with Gasteiger partial charge in [-0.3, -0.25) is 24.0 Å². The number of aliphatic hydroxyl groups is 3. The van der Waals surface area contributed by atoms with Gasteiger partial charge in [-0.1, -0.05) is 45.9 Å². The van der Waals surface area contributed by atoms with Crippen LogP contribution in [-0.4, -0.2) is 93.6 Å². The molecule has 276 valence electrons. The largest absolute Gasteiger partial charge is 0.507 e. The lowest BCUT2D eigenvalue weighted by atomic mass is 9.78. The summed E-state index contributed by atoms with van der Waals surface area (Å²) in [6.45, 7) is 9.87. The zero-order valence-electron chi connectivity index (χ0n) is 29.8. The van der Waals surface area contributed by atoms with Crippen molar-refractivity contribution in [2.24, 2.45) is 23.7 Å². The number of ether oxygens (including phenoxy) is 4. The molecule has 4 aliphatic rings. The minimum Gasteiger partial charge on any atom is -0.507 e. The van der Waals surface area contributed by atoms with Crippen molar-refractivity contribution in [1.82, 2.24) is 5.32 Å². The number of hydrogen-bond donors (Lipinski definition) is 5. The molecule has 5 bridgehead atoms. The number of esters is 1. The van der Waals surface area contributed by atoms with E-state index in [4.69, 9.17) is 18.9 Å². The summed E-state index contributed by atoms with van der Waals surface area (Å²) < 4.78 is 23.0. The number of rotatable bonds is 3. The number of benzene rings is 1. The molecule has 1 aromatic carbocycles. The minimum absolute atomic E-state index is 0.0283. The van der Waals surface area contributed by atoms with Gasteiger partial charge in [0.15, 0.2) is 5.78 Å². The van der Waals surface area contributed by atoms with E-state index in [1.165, 1.54) is 46.1 Å². The van der Waals surface area contributed by atoms with Crippen LogP contribution in [0, 0.1) is 30.6 Å². The van der Waals surface area contributed by atoms with E-state index >= 15 is 0 Å². The number of aromatic hydroxyl groups is 1. The molecule has 0 saturated heterocycles. The van der Waals surface area contributed by atoms with Gasteiger partial charge >= 0.3 is 11.8 Å². The molecule has 1 amide bonds. The number of methoxy groups -OCH3 is 1. The van der Waals surface area contributed by atoms with Crippen molar-refractivity contribution in [3.8, 4) is 11.5 Å². The van der Waals surface area contributed by atoms with Crippen LogP contribution in [0.5, 0.6) is 11.5 Å². The smallest absolute Gasteiger partial charge is 0.312 e. The highest BCUT2D eigenvalue weighted by Crippen LogP contribution is 2.47. The number of fused-ring (bicyclic) bond motifs is 14. The Labute approximate surface area is 295 Å². The second-order valence-electron chi connectivity index (χ2n) is 13.4. The first-order valence-corrected chi connectivity index (χ1v) is 16.5. The summed E-state index contributed by atoms with van der Waals surface area (Å²) in [5.41, 5.74) is -1.94. The summed E-state index contributed by atoms with van der Waals surface area (Å²) in [6, 6.07) is 0. The van der Waals surface area contributed by atoms with Crippen molar-refractivity contribution < 1.29 is 63.3 Å². The summed E-state index contributed by atoms with van der Waals surface area (Å²) in [5, 5.41) is 45.9. The summed E-state index contributed by atoms with van der Waals surface area (Å²) >= 11 is 0. The van der Waals surface area contributed by atoms with Crippen molar-refractivity contribution in [3.05, 3.63) is 70.2 Å². The molecule has 3 heterocycles. The van der Waals surface area contributed by atoms with Gasteiger partial charge in [0.2, 0.25) is 5.78 Å². The number of amides is 1. The highest BCUT2D eigenvalue weighted by molar-refractivity contribution is 6.30. The van der Waals surface area contributed by atoms with Crippen LogP contribution in [-0.2, 0) is 23.8 Å². The van der Waals surface area contributed by atoms with Crippen LogP contribution >= 0.6 is 0 Å². The van der Waals surface area contributed by atoms with E-state index in [0.717, 1.165) is 12.3 Å². The predicted octanol–water partition coefficient (Wildman–Crippen LogP) is 2.60. The molecule has 5 rings (SSSR count). The summed E-state index contributed by atoms with van der Waals surface area (Å²) in [7, 11) is 1.41. The fraction of sp³-hybridized carbons (Fsp3) is 0.486. The van der Waals surface area contributed by atoms with Crippen LogP contribution in [0.3, 0.4) is 0 Å². The fourth-order valence-electron chi connectivity index (χ4n) is 6.70. The number of hydrogen-bond acceptors (Lipinski definition) is 13. The highest BCUT2D eigenvalue weighted by Gasteiger charge is 2.51. The molecule has 1 aromatic rings. The maximum Gasteiger partial charge on any atom is 0.312 e. The number of phenols is 1. The maximum absolute atomic E-state index is 13.9. The van der Waals surface area contributed by atoms with E-state index in [1.807, 2.05) is 0 Å². The number of aliphatic hydroxyl groups excluding tert-OH is 3. The van der Waals surface area contributed by atoms with Crippen LogP contribution in [0.15, 0.2) is 47.9 Å². The monoisotopic (exact) mass is 711 g/mol. The van der Waals surface area contributed by atoms with Gasteiger partial charge in [-0.15, -0.1) is 0 Å². The van der Waals surface area contributed by atoms with E-state index in [9.17, 15) is 44.4 Å². The average molecular weight is 712 g/mol. The topological polar surface area (TPSA) is 215 Å². The minimum atomic E-state index is -2.06. The van der Waals surface area contributed by atoms with Gasteiger partial charge < -0.3 is 44.7 Å². The van der Waals surface area contributed by atoms with E-state index in [0.29, 0.717) is 0 Å². The van der Waals surface area contributed by atoms with Crippen molar-refractivity contribution in [3.63, 3.8) is 0 Å². The molecule has 0 aromatic heterocycles. The molecule has 0 saturated carbocycles. The van der Waals surface area contributed by atoms with Crippen molar-refractivity contribution in [2.75, 3.05) is 13.7 Å². The zero-order valence-corrected chi connectivity index (χ0v) is 29.8. The Bertz CT molecular complexity index is 1740. The van der Waals surface area contributed by atoms with E-state index in [-0.39, 0.29) is 22.4 Å². The number of nitrogens with one attached hydrogen (secondary N) is 1. The van der Waals surface area contributed by atoms with E-state index in [2.05, 4.69) is 5.32 Å². The SMILES string of the molecule is COC1C=COC2(C)Oc3c(C)c(O)c4c(c3C2=O)C(=O)C=C(NC(=O)C(CO)=C/C=C/C(C)C(O)C(C)C(O)C(C)C(OC(C)=O)C1C)C4=O. The predicted molar refractivity (Wildman–Crippen MR) is 181 cm³/mol. The Morgan fingerprint density at radius 2 is 1.65 bits per heavy atom. The first-order chi connectivity index (χ1) is 23.9. The lowest BCUT2D eigenvalue weighted by Gasteiger charge is -2.38. The normalized spacial score (nSPS) is 32.4. The van der Waals surface area contributed by atoms with Gasteiger partial charge in [-0.05, 0) is 13.0 Å². The molecule has 14 heteroatoms. The first-order valence-electron chi connectivity index (χ1n) is 16.5. The fourth-order valence-corrected chi connectivity index (χ4v) is 6.70. The van der Waals surface area contributed by atoms with Gasteiger partial charge in [0.25, 0.3) is 11.7 Å². The van der Waals surface area contributed by atoms with Crippen LogP contribution < -0.4 is 10.1 Å². The molecule has 0 fully saturated rings. The van der Waals surface area contributed by atoms with Crippen molar-refractivity contribution >= 4 is 29.2 Å². The molecule has 5 N–H and O–H groups in total. The number of allylic oxidation sites excluding steroid dienone is 4. The molecule has 9 atom stereocenters. The van der Waals surface area contributed by atoms with Crippen LogP contribution in [0.25, 0.3) is 0 Å². The van der Waals surface area contributed by atoms with Crippen LogP contribution in [0.1, 0.15) is 78.2 Å². The van der Waals surface area contributed by atoms with E-state index in [1.54, 1.807) is 33.8 Å². The number of Topliss-reactive ketones (excluding diaryl/α,β-unsaturated/α-hetero) is 2. The van der Waals surface area contributed by atoms with Crippen molar-refractivity contribution in [2.45, 2.75) is 78.7 Å². The molecular formula is C37H45NO13. The van der Waals surface area contributed by atoms with Gasteiger partial charge in [-0.25, -0.2) is 0 Å². The third-order valence-corrected chi connectivity index (χ3v) is 9.86. The second kappa shape index (κ2) is 15.3. The maximum atomic E-state index is 13.9. The molecule has 3 aliphatic heterocycles. The molecule has 0 spiro atoms. The Hall–Kier alpha value is -4.63. The Balaban J connectivity index is 1.85. The van der Waals surface area contributed by atoms with Gasteiger partial charge in [0, 0.05) is 61.8 Å².